The molecule has 1 aromatic carbocycles. The first kappa shape index (κ1) is 14.7. The van der Waals surface area contributed by atoms with E-state index in [1.165, 1.54) is 5.56 Å². The molecule has 1 fully saturated rings. The highest BCUT2D eigenvalue weighted by Gasteiger charge is 2.37. The van der Waals surface area contributed by atoms with Gasteiger partial charge in [-0.15, -0.1) is 0 Å². The number of phenolic OH excluding ortho intramolecular Hbond substituents is 1. The van der Waals surface area contributed by atoms with E-state index in [1.807, 2.05) is 6.92 Å². The Kier molecular flexibility index (Phi) is 3.87. The van der Waals surface area contributed by atoms with Crippen LogP contribution in [0.3, 0.4) is 0 Å². The van der Waals surface area contributed by atoms with Crippen LogP contribution >= 0.6 is 11.6 Å². The van der Waals surface area contributed by atoms with Crippen LogP contribution in [0.5, 0.6) is 5.75 Å². The van der Waals surface area contributed by atoms with Gasteiger partial charge in [-0.25, -0.2) is 0 Å². The lowest BCUT2D eigenvalue weighted by atomic mass is 9.80. The van der Waals surface area contributed by atoms with E-state index < -0.39 is 5.97 Å². The zero-order chi connectivity index (χ0) is 15.1. The molecule has 2 aliphatic carbocycles. The molecule has 0 radical (unpaired) electrons. The standard InChI is InChI=1S/C17H21ClO3/c1-9-11-4-2-3-5-12(11)16(18)17(21)15(9)13(8-14(19)20)10-6-7-10/h10,13,21H,2-8H2,1H3,(H,19,20). The molecule has 21 heavy (non-hydrogen) atoms. The van der Waals surface area contributed by atoms with Gasteiger partial charge < -0.3 is 10.2 Å². The normalized spacial score (nSPS) is 19.1. The maximum Gasteiger partial charge on any atom is 0.303 e. The lowest BCUT2D eigenvalue weighted by Gasteiger charge is -2.27. The third kappa shape index (κ3) is 2.64. The van der Waals surface area contributed by atoms with E-state index in [9.17, 15) is 15.0 Å². The Bertz CT molecular complexity index is 590. The predicted molar refractivity (Wildman–Crippen MR) is 82.2 cm³/mol. The van der Waals surface area contributed by atoms with Gasteiger partial charge in [0.2, 0.25) is 0 Å². The second-order valence-electron chi connectivity index (χ2n) is 6.41. The quantitative estimate of drug-likeness (QED) is 0.876. The summed E-state index contributed by atoms with van der Waals surface area (Å²) in [7, 11) is 0. The van der Waals surface area contributed by atoms with Gasteiger partial charge in [0.25, 0.3) is 0 Å². The minimum atomic E-state index is -0.806. The zero-order valence-electron chi connectivity index (χ0n) is 12.3. The van der Waals surface area contributed by atoms with E-state index in [4.69, 9.17) is 11.6 Å². The molecule has 0 heterocycles. The van der Waals surface area contributed by atoms with E-state index >= 15 is 0 Å². The van der Waals surface area contributed by atoms with Gasteiger partial charge in [-0.1, -0.05) is 11.6 Å². The fourth-order valence-electron chi connectivity index (χ4n) is 3.81. The maximum absolute atomic E-state index is 11.2. The van der Waals surface area contributed by atoms with Crippen molar-refractivity contribution in [1.29, 1.82) is 0 Å². The van der Waals surface area contributed by atoms with Crippen molar-refractivity contribution >= 4 is 17.6 Å². The van der Waals surface area contributed by atoms with Crippen molar-refractivity contribution in [3.05, 3.63) is 27.3 Å². The number of hydrogen-bond donors (Lipinski definition) is 2. The Morgan fingerprint density at radius 3 is 2.48 bits per heavy atom. The Morgan fingerprint density at radius 1 is 1.29 bits per heavy atom. The molecule has 1 unspecified atom stereocenters. The zero-order valence-corrected chi connectivity index (χ0v) is 13.0. The number of halogens is 1. The summed E-state index contributed by atoms with van der Waals surface area (Å²) in [6.07, 6.45) is 6.31. The monoisotopic (exact) mass is 308 g/mol. The molecular formula is C17H21ClO3. The third-order valence-electron chi connectivity index (χ3n) is 5.01. The molecule has 2 aliphatic rings. The van der Waals surface area contributed by atoms with Crippen LogP contribution in [-0.4, -0.2) is 16.2 Å². The van der Waals surface area contributed by atoms with E-state index in [2.05, 4.69) is 0 Å². The maximum atomic E-state index is 11.2. The molecule has 0 aliphatic heterocycles. The number of carbonyl (C=O) groups is 1. The number of carboxylic acids is 1. The summed E-state index contributed by atoms with van der Waals surface area (Å²) < 4.78 is 0. The number of aromatic hydroxyl groups is 1. The van der Waals surface area contributed by atoms with Gasteiger partial charge in [0.1, 0.15) is 5.75 Å². The number of benzene rings is 1. The first-order valence-electron chi connectivity index (χ1n) is 7.75. The van der Waals surface area contributed by atoms with Crippen LogP contribution in [0, 0.1) is 12.8 Å². The smallest absolute Gasteiger partial charge is 0.303 e. The summed E-state index contributed by atoms with van der Waals surface area (Å²) in [5, 5.41) is 20.2. The van der Waals surface area contributed by atoms with Crippen molar-refractivity contribution in [2.45, 2.75) is 57.8 Å². The summed E-state index contributed by atoms with van der Waals surface area (Å²) in [6.45, 7) is 2.02. The fraction of sp³-hybridized carbons (Fsp3) is 0.588. The Labute approximate surface area is 129 Å². The largest absolute Gasteiger partial charge is 0.506 e. The first-order chi connectivity index (χ1) is 10.0. The van der Waals surface area contributed by atoms with Crippen molar-refractivity contribution < 1.29 is 15.0 Å². The van der Waals surface area contributed by atoms with Gasteiger partial charge in [0.15, 0.2) is 0 Å². The highest BCUT2D eigenvalue weighted by Crippen LogP contribution is 2.51. The summed E-state index contributed by atoms with van der Waals surface area (Å²) >= 11 is 6.40. The summed E-state index contributed by atoms with van der Waals surface area (Å²) in [5.74, 6) is -0.400. The molecule has 1 aromatic rings. The van der Waals surface area contributed by atoms with E-state index in [1.54, 1.807) is 0 Å². The highest BCUT2D eigenvalue weighted by atomic mass is 35.5. The average molecular weight is 309 g/mol. The van der Waals surface area contributed by atoms with E-state index in [-0.39, 0.29) is 18.1 Å². The predicted octanol–water partition coefficient (Wildman–Crippen LogP) is 4.20. The number of carboxylic acid groups (broad SMARTS) is 1. The molecule has 0 amide bonds. The lowest BCUT2D eigenvalue weighted by Crippen LogP contribution is -2.14. The fourth-order valence-corrected chi connectivity index (χ4v) is 4.12. The van der Waals surface area contributed by atoms with E-state index in [0.717, 1.165) is 55.2 Å². The highest BCUT2D eigenvalue weighted by molar-refractivity contribution is 6.33. The number of aliphatic carboxylic acids is 1. The van der Waals surface area contributed by atoms with E-state index in [0.29, 0.717) is 10.9 Å². The number of phenols is 1. The average Bonchev–Trinajstić information content (AvgIpc) is 3.28. The van der Waals surface area contributed by atoms with Gasteiger partial charge in [0.05, 0.1) is 11.4 Å². The molecule has 3 rings (SSSR count). The molecule has 1 saturated carbocycles. The van der Waals surface area contributed by atoms with Crippen LogP contribution in [0.1, 0.15) is 60.3 Å². The van der Waals surface area contributed by atoms with Gasteiger partial charge in [-0.05, 0) is 68.1 Å². The van der Waals surface area contributed by atoms with Crippen LogP contribution in [-0.2, 0) is 17.6 Å². The minimum absolute atomic E-state index is 0.0776. The Balaban J connectivity index is 2.12. The first-order valence-corrected chi connectivity index (χ1v) is 8.13. The number of rotatable bonds is 4. The van der Waals surface area contributed by atoms with Crippen LogP contribution in [0.2, 0.25) is 5.02 Å². The molecule has 0 spiro atoms. The Morgan fingerprint density at radius 2 is 1.90 bits per heavy atom. The second-order valence-corrected chi connectivity index (χ2v) is 6.79. The number of fused-ring (bicyclic) bond motifs is 1. The molecule has 0 saturated heterocycles. The molecule has 1 atom stereocenters. The SMILES string of the molecule is Cc1c2c(c(Cl)c(O)c1C(CC(=O)O)C1CC1)CCCC2. The van der Waals surface area contributed by atoms with Gasteiger partial charge in [-0.2, -0.15) is 0 Å². The molecular weight excluding hydrogens is 288 g/mol. The van der Waals surface area contributed by atoms with Gasteiger partial charge >= 0.3 is 5.97 Å². The van der Waals surface area contributed by atoms with Crippen LogP contribution in [0.25, 0.3) is 0 Å². The van der Waals surface area contributed by atoms with Crippen molar-refractivity contribution in [2.24, 2.45) is 5.92 Å². The van der Waals surface area contributed by atoms with Crippen LogP contribution in [0.15, 0.2) is 0 Å². The topological polar surface area (TPSA) is 57.5 Å². The summed E-state index contributed by atoms with van der Waals surface area (Å²) in [4.78, 5) is 11.2. The van der Waals surface area contributed by atoms with Crippen molar-refractivity contribution in [3.63, 3.8) is 0 Å². The second kappa shape index (κ2) is 5.53. The van der Waals surface area contributed by atoms with Crippen LogP contribution in [0.4, 0.5) is 0 Å². The van der Waals surface area contributed by atoms with Crippen molar-refractivity contribution in [2.75, 3.05) is 0 Å². The molecule has 3 nitrogen and oxygen atoms in total. The van der Waals surface area contributed by atoms with Crippen molar-refractivity contribution in [1.82, 2.24) is 0 Å². The summed E-state index contributed by atoms with van der Waals surface area (Å²) in [6, 6.07) is 0. The van der Waals surface area contributed by atoms with Gasteiger partial charge in [0, 0.05) is 11.5 Å². The molecule has 4 heteroatoms. The minimum Gasteiger partial charge on any atom is -0.506 e. The molecule has 0 bridgehead atoms. The molecule has 0 aromatic heterocycles. The third-order valence-corrected chi connectivity index (χ3v) is 5.42. The number of hydrogen-bond acceptors (Lipinski definition) is 2. The molecule has 114 valence electrons. The Hall–Kier alpha value is -1.22. The van der Waals surface area contributed by atoms with Gasteiger partial charge in [-0.3, -0.25) is 4.79 Å². The summed E-state index contributed by atoms with van der Waals surface area (Å²) in [5.41, 5.74) is 4.19. The molecule has 2 N–H and O–H groups in total. The lowest BCUT2D eigenvalue weighted by molar-refractivity contribution is -0.137. The van der Waals surface area contributed by atoms with Crippen molar-refractivity contribution in [3.8, 4) is 5.75 Å². The van der Waals surface area contributed by atoms with Crippen LogP contribution < -0.4 is 0 Å².